The lowest BCUT2D eigenvalue weighted by Gasteiger charge is -2.24. The predicted molar refractivity (Wildman–Crippen MR) is 158 cm³/mol. The molecular formula is C28H33N7O5S. The maximum atomic E-state index is 13.4. The molecule has 41 heavy (non-hydrogen) atoms. The number of hydrogen-bond acceptors (Lipinski definition) is 9. The highest BCUT2D eigenvalue weighted by Crippen LogP contribution is 2.39. The van der Waals surface area contributed by atoms with Gasteiger partial charge >= 0.3 is 0 Å². The summed E-state index contributed by atoms with van der Waals surface area (Å²) < 4.78 is 32.1. The van der Waals surface area contributed by atoms with Gasteiger partial charge in [0.2, 0.25) is 10.0 Å². The molecule has 0 aliphatic carbocycles. The Morgan fingerprint density at radius 2 is 1.71 bits per heavy atom. The van der Waals surface area contributed by atoms with Gasteiger partial charge in [0.15, 0.2) is 11.8 Å². The van der Waals surface area contributed by atoms with E-state index < -0.39 is 22.0 Å². The first-order valence-corrected chi connectivity index (χ1v) is 14.7. The first-order valence-electron chi connectivity index (χ1n) is 12.8. The molecule has 1 aliphatic heterocycles. The SMILES string of the molecule is COc1c(NC(=O)c2ccc(C)c(N3CC(C(=O)Nc4ccncc4)N=N3)c2)cc(C(C)(C)C)cc1NS(C)(=O)=O. The molecule has 0 saturated heterocycles. The summed E-state index contributed by atoms with van der Waals surface area (Å²) in [4.78, 5) is 30.1. The molecular weight excluding hydrogens is 546 g/mol. The Labute approximate surface area is 239 Å². The Balaban J connectivity index is 1.57. The van der Waals surface area contributed by atoms with Gasteiger partial charge in [0.05, 0.1) is 37.0 Å². The summed E-state index contributed by atoms with van der Waals surface area (Å²) in [5.74, 6) is -0.567. The molecule has 1 aromatic heterocycles. The summed E-state index contributed by atoms with van der Waals surface area (Å²) in [6, 6.07) is 11.2. The van der Waals surface area contributed by atoms with E-state index in [9.17, 15) is 18.0 Å². The molecule has 3 N–H and O–H groups in total. The maximum Gasteiger partial charge on any atom is 0.255 e. The summed E-state index contributed by atoms with van der Waals surface area (Å²) >= 11 is 0. The van der Waals surface area contributed by atoms with Crippen LogP contribution in [0.15, 0.2) is 65.2 Å². The second-order valence-electron chi connectivity index (χ2n) is 10.7. The number of nitrogens with one attached hydrogen (secondary N) is 3. The van der Waals surface area contributed by atoms with Crippen LogP contribution in [0.4, 0.5) is 22.7 Å². The van der Waals surface area contributed by atoms with E-state index in [0.29, 0.717) is 22.6 Å². The fraction of sp³-hybridized carbons (Fsp3) is 0.321. The van der Waals surface area contributed by atoms with Crippen molar-refractivity contribution in [1.82, 2.24) is 4.98 Å². The van der Waals surface area contributed by atoms with Gasteiger partial charge in [-0.3, -0.25) is 19.3 Å². The van der Waals surface area contributed by atoms with Gasteiger partial charge in [0.25, 0.3) is 11.8 Å². The van der Waals surface area contributed by atoms with Crippen molar-refractivity contribution in [3.63, 3.8) is 0 Å². The molecule has 1 atom stereocenters. The van der Waals surface area contributed by atoms with E-state index in [-0.39, 0.29) is 29.3 Å². The molecule has 1 aliphatic rings. The van der Waals surface area contributed by atoms with Crippen molar-refractivity contribution in [3.8, 4) is 5.75 Å². The van der Waals surface area contributed by atoms with Crippen LogP contribution in [0.25, 0.3) is 0 Å². The second kappa shape index (κ2) is 11.5. The van der Waals surface area contributed by atoms with Gasteiger partial charge in [0, 0.05) is 23.6 Å². The largest absolute Gasteiger partial charge is 0.492 e. The molecule has 4 rings (SSSR count). The standard InChI is InChI=1S/C28H33N7O5S/c1-17-7-8-18(13-24(17)35-16-23(32-34-35)27(37)30-20-9-11-29-12-10-20)26(36)31-21-14-19(28(2,3)4)15-22(25(21)40-5)33-41(6,38)39/h7-15,23,33H,16H2,1-6H3,(H,31,36)(H,29,30,37). The first kappa shape index (κ1) is 29.5. The summed E-state index contributed by atoms with van der Waals surface area (Å²) in [7, 11) is -2.21. The number of aryl methyl sites for hydroxylation is 1. The van der Waals surface area contributed by atoms with E-state index in [4.69, 9.17) is 4.74 Å². The highest BCUT2D eigenvalue weighted by atomic mass is 32.2. The quantitative estimate of drug-likeness (QED) is 0.355. The van der Waals surface area contributed by atoms with E-state index in [0.717, 1.165) is 17.4 Å². The average Bonchev–Trinajstić information content (AvgIpc) is 3.38. The average molecular weight is 580 g/mol. The normalized spacial score (nSPS) is 15.0. The summed E-state index contributed by atoms with van der Waals surface area (Å²) in [5.41, 5.74) is 3.36. The molecule has 3 aromatic rings. The van der Waals surface area contributed by atoms with Crippen molar-refractivity contribution < 1.29 is 22.7 Å². The van der Waals surface area contributed by atoms with Crippen LogP contribution in [0, 0.1) is 6.92 Å². The number of carbonyl (C=O) groups excluding carboxylic acids is 2. The van der Waals surface area contributed by atoms with E-state index in [2.05, 4.69) is 30.7 Å². The molecule has 0 spiro atoms. The van der Waals surface area contributed by atoms with Crippen molar-refractivity contribution >= 4 is 44.6 Å². The number of benzene rings is 2. The molecule has 12 nitrogen and oxygen atoms in total. The van der Waals surface area contributed by atoms with Crippen LogP contribution < -0.4 is 25.1 Å². The Hall–Kier alpha value is -4.52. The Kier molecular flexibility index (Phi) is 8.29. The van der Waals surface area contributed by atoms with Crippen molar-refractivity contribution in [1.29, 1.82) is 0 Å². The van der Waals surface area contributed by atoms with E-state index in [1.54, 1.807) is 59.9 Å². The van der Waals surface area contributed by atoms with Gasteiger partial charge < -0.3 is 15.4 Å². The number of nitrogens with zero attached hydrogens (tertiary/aromatic N) is 4. The van der Waals surface area contributed by atoms with Gasteiger partial charge in [0.1, 0.15) is 0 Å². The number of rotatable bonds is 8. The van der Waals surface area contributed by atoms with Crippen LogP contribution in [0.2, 0.25) is 0 Å². The minimum atomic E-state index is -3.62. The fourth-order valence-electron chi connectivity index (χ4n) is 4.18. The number of ether oxygens (including phenoxy) is 1. The van der Waals surface area contributed by atoms with Crippen molar-refractivity contribution in [2.75, 3.05) is 40.3 Å². The van der Waals surface area contributed by atoms with Gasteiger partial charge in [-0.05, 0) is 59.9 Å². The van der Waals surface area contributed by atoms with Crippen LogP contribution in [-0.4, -0.2) is 51.2 Å². The topological polar surface area (TPSA) is 154 Å². The number of aromatic nitrogens is 1. The molecule has 0 radical (unpaired) electrons. The summed E-state index contributed by atoms with van der Waals surface area (Å²) in [5, 5.41) is 15.5. The van der Waals surface area contributed by atoms with Gasteiger partial charge in [-0.15, -0.1) is 0 Å². The maximum absolute atomic E-state index is 13.4. The van der Waals surface area contributed by atoms with Crippen LogP contribution in [0.3, 0.4) is 0 Å². The van der Waals surface area contributed by atoms with E-state index >= 15 is 0 Å². The van der Waals surface area contributed by atoms with Crippen LogP contribution in [0.1, 0.15) is 42.3 Å². The first-order chi connectivity index (χ1) is 19.2. The number of pyridine rings is 1. The lowest BCUT2D eigenvalue weighted by molar-refractivity contribution is -0.117. The molecule has 2 aromatic carbocycles. The van der Waals surface area contributed by atoms with Gasteiger partial charge in [-0.1, -0.05) is 32.1 Å². The lowest BCUT2D eigenvalue weighted by Crippen LogP contribution is -2.32. The molecule has 2 heterocycles. The van der Waals surface area contributed by atoms with Crippen molar-refractivity contribution in [2.24, 2.45) is 10.3 Å². The van der Waals surface area contributed by atoms with E-state index in [1.165, 1.54) is 7.11 Å². The van der Waals surface area contributed by atoms with Crippen molar-refractivity contribution in [3.05, 3.63) is 71.5 Å². The van der Waals surface area contributed by atoms with Crippen LogP contribution in [-0.2, 0) is 20.2 Å². The van der Waals surface area contributed by atoms with Crippen LogP contribution >= 0.6 is 0 Å². The predicted octanol–water partition coefficient (Wildman–Crippen LogP) is 4.51. The number of hydrogen-bond donors (Lipinski definition) is 3. The molecule has 0 fully saturated rings. The molecule has 2 amide bonds. The summed E-state index contributed by atoms with van der Waals surface area (Å²) in [6.45, 7) is 8.00. The third kappa shape index (κ3) is 7.17. The monoisotopic (exact) mass is 579 g/mol. The minimum Gasteiger partial charge on any atom is -0.492 e. The Morgan fingerprint density at radius 3 is 2.34 bits per heavy atom. The Bertz CT molecular complexity index is 1600. The zero-order chi connectivity index (χ0) is 29.9. The minimum absolute atomic E-state index is 0.181. The smallest absolute Gasteiger partial charge is 0.255 e. The number of sulfonamides is 1. The van der Waals surface area contributed by atoms with Gasteiger partial charge in [-0.25, -0.2) is 13.4 Å². The highest BCUT2D eigenvalue weighted by molar-refractivity contribution is 7.92. The molecule has 0 bridgehead atoms. The third-order valence-electron chi connectivity index (χ3n) is 6.35. The lowest BCUT2D eigenvalue weighted by atomic mass is 9.86. The molecule has 0 saturated carbocycles. The number of anilines is 4. The molecule has 13 heteroatoms. The van der Waals surface area contributed by atoms with E-state index in [1.807, 2.05) is 27.7 Å². The second-order valence-corrected chi connectivity index (χ2v) is 12.5. The number of methoxy groups -OCH3 is 1. The zero-order valence-corrected chi connectivity index (χ0v) is 24.5. The Morgan fingerprint density at radius 1 is 1.02 bits per heavy atom. The van der Waals surface area contributed by atoms with Crippen LogP contribution in [0.5, 0.6) is 5.75 Å². The molecule has 216 valence electrons. The van der Waals surface area contributed by atoms with Crippen molar-refractivity contribution in [2.45, 2.75) is 39.2 Å². The highest BCUT2D eigenvalue weighted by Gasteiger charge is 2.29. The molecule has 1 unspecified atom stereocenters. The zero-order valence-electron chi connectivity index (χ0n) is 23.7. The third-order valence-corrected chi connectivity index (χ3v) is 6.94. The van der Waals surface area contributed by atoms with Gasteiger partial charge in [-0.2, -0.15) is 5.11 Å². The number of amides is 2. The fourth-order valence-corrected chi connectivity index (χ4v) is 4.73. The summed E-state index contributed by atoms with van der Waals surface area (Å²) in [6.07, 6.45) is 4.21. The number of carbonyl (C=O) groups is 2.